The lowest BCUT2D eigenvalue weighted by molar-refractivity contribution is -0.136. The van der Waals surface area contributed by atoms with Crippen LogP contribution in [0.4, 0.5) is 18.9 Å². The summed E-state index contributed by atoms with van der Waals surface area (Å²) in [7, 11) is 0. The van der Waals surface area contributed by atoms with Crippen LogP contribution in [0.1, 0.15) is 25.8 Å². The molecule has 1 aliphatic carbocycles. The molecule has 0 saturated heterocycles. The summed E-state index contributed by atoms with van der Waals surface area (Å²) in [4.78, 5) is 0. The second-order valence-electron chi connectivity index (χ2n) is 5.31. The smallest absolute Gasteiger partial charge is 0.384 e. The van der Waals surface area contributed by atoms with Gasteiger partial charge in [0, 0.05) is 12.2 Å². The van der Waals surface area contributed by atoms with Crippen molar-refractivity contribution >= 4 is 5.69 Å². The molecule has 1 nitrogen and oxygen atoms in total. The van der Waals surface area contributed by atoms with Gasteiger partial charge in [-0.25, -0.2) is 0 Å². The van der Waals surface area contributed by atoms with Crippen molar-refractivity contribution in [2.24, 2.45) is 11.3 Å². The average molecular weight is 243 g/mol. The van der Waals surface area contributed by atoms with Crippen LogP contribution in [0.3, 0.4) is 0 Å². The van der Waals surface area contributed by atoms with E-state index in [1.807, 2.05) is 0 Å². The maximum Gasteiger partial charge on any atom is 0.418 e. The highest BCUT2D eigenvalue weighted by Gasteiger charge is 2.45. The fourth-order valence-electron chi connectivity index (χ4n) is 2.04. The van der Waals surface area contributed by atoms with E-state index in [4.69, 9.17) is 0 Å². The molecule has 0 radical (unpaired) electrons. The molecular formula is C13H16F3N. The van der Waals surface area contributed by atoms with Crippen LogP contribution >= 0.6 is 0 Å². The van der Waals surface area contributed by atoms with Gasteiger partial charge in [0.05, 0.1) is 5.56 Å². The van der Waals surface area contributed by atoms with Gasteiger partial charge in [0.2, 0.25) is 0 Å². The fourth-order valence-corrected chi connectivity index (χ4v) is 2.04. The van der Waals surface area contributed by atoms with Crippen LogP contribution in [0.5, 0.6) is 0 Å². The highest BCUT2D eigenvalue weighted by atomic mass is 19.4. The zero-order valence-corrected chi connectivity index (χ0v) is 9.93. The van der Waals surface area contributed by atoms with Gasteiger partial charge in [0.1, 0.15) is 0 Å². The number of anilines is 1. The molecular weight excluding hydrogens is 227 g/mol. The first-order chi connectivity index (χ1) is 7.81. The molecule has 0 heterocycles. The number of benzene rings is 1. The highest BCUT2D eigenvalue weighted by molar-refractivity contribution is 5.52. The molecule has 4 heteroatoms. The highest BCUT2D eigenvalue weighted by Crippen LogP contribution is 2.51. The Kier molecular flexibility index (Phi) is 2.84. The molecule has 94 valence electrons. The van der Waals surface area contributed by atoms with Gasteiger partial charge in [0.15, 0.2) is 0 Å². The molecule has 1 aliphatic rings. The van der Waals surface area contributed by atoms with Crippen molar-refractivity contribution in [1.82, 2.24) is 0 Å². The molecule has 1 aromatic carbocycles. The van der Waals surface area contributed by atoms with E-state index in [-0.39, 0.29) is 11.1 Å². The Balaban J connectivity index is 2.06. The van der Waals surface area contributed by atoms with E-state index in [1.165, 1.54) is 12.1 Å². The van der Waals surface area contributed by atoms with Crippen LogP contribution in [0, 0.1) is 11.3 Å². The number of para-hydroxylation sites is 1. The molecule has 1 fully saturated rings. The number of hydrogen-bond donors (Lipinski definition) is 1. The summed E-state index contributed by atoms with van der Waals surface area (Å²) in [5, 5.41) is 2.92. The molecule has 2 rings (SSSR count). The summed E-state index contributed by atoms with van der Waals surface area (Å²) in [6.07, 6.45) is -3.21. The molecule has 0 spiro atoms. The Morgan fingerprint density at radius 3 is 2.41 bits per heavy atom. The Labute approximate surface area is 99.0 Å². The lowest BCUT2D eigenvalue weighted by Crippen LogP contribution is -2.13. The third kappa shape index (κ3) is 2.73. The predicted molar refractivity (Wildman–Crippen MR) is 61.8 cm³/mol. The molecule has 0 aliphatic heterocycles. The van der Waals surface area contributed by atoms with E-state index in [0.29, 0.717) is 12.5 Å². The lowest BCUT2D eigenvalue weighted by atomic mass is 10.1. The Morgan fingerprint density at radius 2 is 1.88 bits per heavy atom. The van der Waals surface area contributed by atoms with Gasteiger partial charge in [-0.3, -0.25) is 0 Å². The fraction of sp³-hybridized carbons (Fsp3) is 0.538. The monoisotopic (exact) mass is 243 g/mol. The Hall–Kier alpha value is -1.19. The SMILES string of the molecule is CC1(C)CC1CNc1ccccc1C(F)(F)F. The van der Waals surface area contributed by atoms with Gasteiger partial charge in [0.25, 0.3) is 0 Å². The summed E-state index contributed by atoms with van der Waals surface area (Å²) in [6.45, 7) is 4.88. The average Bonchev–Trinajstić information content (AvgIpc) is 2.83. The van der Waals surface area contributed by atoms with Gasteiger partial charge < -0.3 is 5.32 Å². The number of nitrogens with one attached hydrogen (secondary N) is 1. The number of halogens is 3. The predicted octanol–water partition coefficient (Wildman–Crippen LogP) is 4.16. The molecule has 0 bridgehead atoms. The minimum atomic E-state index is -4.29. The van der Waals surface area contributed by atoms with Crippen molar-refractivity contribution < 1.29 is 13.2 Å². The minimum Gasteiger partial charge on any atom is -0.384 e. The molecule has 0 amide bonds. The number of alkyl halides is 3. The molecule has 1 saturated carbocycles. The van der Waals surface area contributed by atoms with Gasteiger partial charge in [-0.05, 0) is 29.9 Å². The minimum absolute atomic E-state index is 0.183. The first-order valence-corrected chi connectivity index (χ1v) is 5.71. The van der Waals surface area contributed by atoms with Crippen molar-refractivity contribution in [3.63, 3.8) is 0 Å². The van der Waals surface area contributed by atoms with Crippen LogP contribution in [-0.2, 0) is 6.18 Å². The largest absolute Gasteiger partial charge is 0.418 e. The molecule has 1 unspecified atom stereocenters. The second kappa shape index (κ2) is 3.93. The summed E-state index contributed by atoms with van der Waals surface area (Å²) in [5.74, 6) is 0.476. The van der Waals surface area contributed by atoms with E-state index in [0.717, 1.165) is 12.5 Å². The first-order valence-electron chi connectivity index (χ1n) is 5.71. The standard InChI is InChI=1S/C13H16F3N/c1-12(2)7-9(12)8-17-11-6-4-3-5-10(11)13(14,15)16/h3-6,9,17H,7-8H2,1-2H3. The summed E-state index contributed by atoms with van der Waals surface area (Å²) >= 11 is 0. The molecule has 1 atom stereocenters. The van der Waals surface area contributed by atoms with E-state index >= 15 is 0 Å². The first kappa shape index (κ1) is 12.3. The maximum atomic E-state index is 12.7. The van der Waals surface area contributed by atoms with Gasteiger partial charge in [-0.1, -0.05) is 26.0 Å². The van der Waals surface area contributed by atoms with E-state index < -0.39 is 11.7 Å². The van der Waals surface area contributed by atoms with Crippen molar-refractivity contribution in [2.75, 3.05) is 11.9 Å². The van der Waals surface area contributed by atoms with Crippen molar-refractivity contribution in [2.45, 2.75) is 26.4 Å². The molecule has 0 aromatic heterocycles. The number of rotatable bonds is 3. The molecule has 17 heavy (non-hydrogen) atoms. The van der Waals surface area contributed by atoms with Crippen molar-refractivity contribution in [3.8, 4) is 0 Å². The van der Waals surface area contributed by atoms with Crippen LogP contribution in [-0.4, -0.2) is 6.54 Å². The van der Waals surface area contributed by atoms with Gasteiger partial charge in [-0.2, -0.15) is 13.2 Å². The van der Waals surface area contributed by atoms with E-state index in [2.05, 4.69) is 19.2 Å². The lowest BCUT2D eigenvalue weighted by Gasteiger charge is -2.14. The van der Waals surface area contributed by atoms with Crippen LogP contribution in [0.15, 0.2) is 24.3 Å². The number of hydrogen-bond acceptors (Lipinski definition) is 1. The van der Waals surface area contributed by atoms with Crippen LogP contribution in [0.2, 0.25) is 0 Å². The third-order valence-electron chi connectivity index (χ3n) is 3.49. The normalized spacial score (nSPS) is 22.3. The van der Waals surface area contributed by atoms with Crippen molar-refractivity contribution in [1.29, 1.82) is 0 Å². The molecule has 1 N–H and O–H groups in total. The zero-order valence-electron chi connectivity index (χ0n) is 9.93. The van der Waals surface area contributed by atoms with Crippen LogP contribution < -0.4 is 5.32 Å². The van der Waals surface area contributed by atoms with E-state index in [1.54, 1.807) is 6.07 Å². The van der Waals surface area contributed by atoms with E-state index in [9.17, 15) is 13.2 Å². The maximum absolute atomic E-state index is 12.7. The zero-order chi connectivity index (χ0) is 12.7. The van der Waals surface area contributed by atoms with Crippen LogP contribution in [0.25, 0.3) is 0 Å². The quantitative estimate of drug-likeness (QED) is 0.840. The molecule has 1 aromatic rings. The summed E-state index contributed by atoms with van der Waals surface area (Å²) in [5.41, 5.74) is -0.124. The van der Waals surface area contributed by atoms with Gasteiger partial charge >= 0.3 is 6.18 Å². The Bertz CT molecular complexity index is 409. The van der Waals surface area contributed by atoms with Crippen molar-refractivity contribution in [3.05, 3.63) is 29.8 Å². The topological polar surface area (TPSA) is 12.0 Å². The summed E-state index contributed by atoms with van der Waals surface area (Å²) < 4.78 is 38.1. The van der Waals surface area contributed by atoms with Gasteiger partial charge in [-0.15, -0.1) is 0 Å². The summed E-state index contributed by atoms with van der Waals surface area (Å²) in [6, 6.07) is 5.63. The third-order valence-corrected chi connectivity index (χ3v) is 3.49. The Morgan fingerprint density at radius 1 is 1.29 bits per heavy atom. The second-order valence-corrected chi connectivity index (χ2v) is 5.31.